The zero-order chi connectivity index (χ0) is 19.3. The number of hydrogen-bond donors (Lipinski definition) is 1. The Morgan fingerprint density at radius 3 is 2.59 bits per heavy atom. The average Bonchev–Trinajstić information content (AvgIpc) is 3.42. The molecule has 4 heterocycles. The van der Waals surface area contributed by atoms with E-state index in [2.05, 4.69) is 22.0 Å². The summed E-state index contributed by atoms with van der Waals surface area (Å²) in [6, 6.07) is 0.628. The molecular formula is C20H36IN5O3. The van der Waals surface area contributed by atoms with Crippen LogP contribution in [-0.2, 0) is 14.3 Å². The maximum atomic E-state index is 12.5. The van der Waals surface area contributed by atoms with Gasteiger partial charge in [0.05, 0.1) is 19.3 Å². The van der Waals surface area contributed by atoms with E-state index in [1.165, 1.54) is 19.4 Å². The summed E-state index contributed by atoms with van der Waals surface area (Å²) >= 11 is 0. The van der Waals surface area contributed by atoms with E-state index in [0.29, 0.717) is 12.6 Å². The molecule has 3 unspecified atom stereocenters. The third kappa shape index (κ3) is 5.74. The molecule has 4 fully saturated rings. The Bertz CT molecular complexity index is 564. The van der Waals surface area contributed by atoms with E-state index in [0.717, 1.165) is 71.3 Å². The highest BCUT2D eigenvalue weighted by Crippen LogP contribution is 2.22. The zero-order valence-electron chi connectivity index (χ0n) is 17.6. The number of ether oxygens (including phenoxy) is 2. The van der Waals surface area contributed by atoms with Gasteiger partial charge in [0.1, 0.15) is 6.10 Å². The first kappa shape index (κ1) is 23.0. The Balaban J connectivity index is 0.00000240. The van der Waals surface area contributed by atoms with Crippen LogP contribution in [0.15, 0.2) is 4.99 Å². The fourth-order valence-electron chi connectivity index (χ4n) is 4.72. The van der Waals surface area contributed by atoms with Crippen molar-refractivity contribution in [2.75, 3.05) is 65.6 Å². The number of amides is 1. The first-order valence-corrected chi connectivity index (χ1v) is 11.0. The minimum absolute atomic E-state index is 0. The molecule has 9 heteroatoms. The number of aliphatic imine (C=N–C) groups is 1. The number of rotatable bonds is 4. The Kier molecular flexibility index (Phi) is 8.82. The molecule has 4 aliphatic heterocycles. The molecule has 0 aromatic rings. The summed E-state index contributed by atoms with van der Waals surface area (Å²) in [5.41, 5.74) is 0. The molecule has 0 bridgehead atoms. The number of hydrogen-bond acceptors (Lipinski definition) is 5. The van der Waals surface area contributed by atoms with Gasteiger partial charge in [0.2, 0.25) is 0 Å². The standard InChI is InChI=1S/C20H35N5O3.HI/c1-2-21-20(22-13-17-14-25-7-3-5-16(25)15-28-17)24-10-8-23(9-11-24)19(26)18-6-4-12-27-18;/h16-18H,2-15H2,1H3,(H,21,22);1H. The van der Waals surface area contributed by atoms with Crippen LogP contribution >= 0.6 is 24.0 Å². The van der Waals surface area contributed by atoms with Crippen LogP contribution in [0, 0.1) is 0 Å². The molecule has 29 heavy (non-hydrogen) atoms. The summed E-state index contributed by atoms with van der Waals surface area (Å²) in [5, 5.41) is 3.42. The lowest BCUT2D eigenvalue weighted by Crippen LogP contribution is -2.55. The molecule has 0 saturated carbocycles. The van der Waals surface area contributed by atoms with Gasteiger partial charge in [0.15, 0.2) is 5.96 Å². The van der Waals surface area contributed by atoms with Crippen molar-refractivity contribution in [3.63, 3.8) is 0 Å². The Morgan fingerprint density at radius 2 is 1.86 bits per heavy atom. The predicted octanol–water partition coefficient (Wildman–Crippen LogP) is 0.756. The van der Waals surface area contributed by atoms with E-state index in [1.807, 2.05) is 4.90 Å². The van der Waals surface area contributed by atoms with Crippen molar-refractivity contribution < 1.29 is 14.3 Å². The second-order valence-corrected chi connectivity index (χ2v) is 8.25. The zero-order valence-corrected chi connectivity index (χ0v) is 19.9. The minimum Gasteiger partial charge on any atom is -0.373 e. The van der Waals surface area contributed by atoms with Crippen LogP contribution in [0.1, 0.15) is 32.6 Å². The smallest absolute Gasteiger partial charge is 0.251 e. The maximum absolute atomic E-state index is 12.5. The topological polar surface area (TPSA) is 69.6 Å². The highest BCUT2D eigenvalue weighted by Gasteiger charge is 2.33. The number of nitrogens with one attached hydrogen (secondary N) is 1. The van der Waals surface area contributed by atoms with Crippen molar-refractivity contribution in [1.82, 2.24) is 20.0 Å². The Morgan fingerprint density at radius 1 is 1.07 bits per heavy atom. The van der Waals surface area contributed by atoms with E-state index in [4.69, 9.17) is 14.5 Å². The van der Waals surface area contributed by atoms with Gasteiger partial charge in [0.25, 0.3) is 5.91 Å². The number of nitrogens with zero attached hydrogens (tertiary/aromatic N) is 4. The highest BCUT2D eigenvalue weighted by molar-refractivity contribution is 14.0. The van der Waals surface area contributed by atoms with Crippen LogP contribution in [0.3, 0.4) is 0 Å². The number of carbonyl (C=O) groups excluding carboxylic acids is 1. The number of guanidine groups is 1. The van der Waals surface area contributed by atoms with Crippen molar-refractivity contribution in [2.24, 2.45) is 4.99 Å². The van der Waals surface area contributed by atoms with Crippen LogP contribution in [0.2, 0.25) is 0 Å². The minimum atomic E-state index is -0.216. The highest BCUT2D eigenvalue weighted by atomic mass is 127. The Hall–Kier alpha value is -0.650. The molecule has 0 radical (unpaired) electrons. The summed E-state index contributed by atoms with van der Waals surface area (Å²) in [4.78, 5) is 24.2. The summed E-state index contributed by atoms with van der Waals surface area (Å²) in [6.45, 7) is 10.5. The largest absolute Gasteiger partial charge is 0.373 e. The van der Waals surface area contributed by atoms with Gasteiger partial charge >= 0.3 is 0 Å². The van der Waals surface area contributed by atoms with Crippen molar-refractivity contribution in [3.05, 3.63) is 0 Å². The molecule has 0 aromatic heterocycles. The normalized spacial score (nSPS) is 30.8. The molecule has 0 aliphatic carbocycles. The summed E-state index contributed by atoms with van der Waals surface area (Å²) in [5.74, 6) is 1.11. The van der Waals surface area contributed by atoms with Gasteiger partial charge in [-0.2, -0.15) is 0 Å². The van der Waals surface area contributed by atoms with E-state index >= 15 is 0 Å². The molecular weight excluding hydrogens is 485 g/mol. The van der Waals surface area contributed by atoms with Crippen LogP contribution in [0.4, 0.5) is 0 Å². The average molecular weight is 521 g/mol. The monoisotopic (exact) mass is 521 g/mol. The maximum Gasteiger partial charge on any atom is 0.251 e. The lowest BCUT2D eigenvalue weighted by Gasteiger charge is -2.38. The predicted molar refractivity (Wildman–Crippen MR) is 123 cm³/mol. The van der Waals surface area contributed by atoms with Crippen molar-refractivity contribution in [3.8, 4) is 0 Å². The lowest BCUT2D eigenvalue weighted by molar-refractivity contribution is -0.142. The fourth-order valence-corrected chi connectivity index (χ4v) is 4.72. The first-order valence-electron chi connectivity index (χ1n) is 11.0. The van der Waals surface area contributed by atoms with Gasteiger partial charge in [-0.05, 0) is 39.2 Å². The number of halogens is 1. The number of piperazine rings is 1. The number of fused-ring (bicyclic) bond motifs is 1. The van der Waals surface area contributed by atoms with Crippen molar-refractivity contribution in [1.29, 1.82) is 0 Å². The molecule has 166 valence electrons. The van der Waals surface area contributed by atoms with E-state index in [1.54, 1.807) is 0 Å². The quantitative estimate of drug-likeness (QED) is 0.335. The summed E-state index contributed by atoms with van der Waals surface area (Å²) in [7, 11) is 0. The van der Waals surface area contributed by atoms with Crippen LogP contribution in [0.25, 0.3) is 0 Å². The van der Waals surface area contributed by atoms with Crippen LogP contribution < -0.4 is 5.32 Å². The van der Waals surface area contributed by atoms with Gasteiger partial charge in [-0.15, -0.1) is 24.0 Å². The van der Waals surface area contributed by atoms with E-state index in [-0.39, 0.29) is 42.1 Å². The molecule has 1 amide bonds. The summed E-state index contributed by atoms with van der Waals surface area (Å²) < 4.78 is 11.6. The van der Waals surface area contributed by atoms with E-state index in [9.17, 15) is 4.79 Å². The van der Waals surface area contributed by atoms with Gasteiger partial charge in [0, 0.05) is 51.9 Å². The first-order chi connectivity index (χ1) is 13.7. The molecule has 0 spiro atoms. The van der Waals surface area contributed by atoms with Crippen molar-refractivity contribution in [2.45, 2.75) is 50.9 Å². The number of carbonyl (C=O) groups is 1. The van der Waals surface area contributed by atoms with Crippen molar-refractivity contribution >= 4 is 35.8 Å². The molecule has 8 nitrogen and oxygen atoms in total. The molecule has 4 saturated heterocycles. The molecule has 4 rings (SSSR count). The Labute approximate surface area is 191 Å². The molecule has 0 aromatic carbocycles. The second-order valence-electron chi connectivity index (χ2n) is 8.25. The number of morpholine rings is 1. The van der Waals surface area contributed by atoms with Gasteiger partial charge in [-0.3, -0.25) is 14.7 Å². The fraction of sp³-hybridized carbons (Fsp3) is 0.900. The molecule has 1 N–H and O–H groups in total. The van der Waals surface area contributed by atoms with Crippen LogP contribution in [0.5, 0.6) is 0 Å². The lowest BCUT2D eigenvalue weighted by atomic mass is 10.2. The van der Waals surface area contributed by atoms with Gasteiger partial charge in [-0.25, -0.2) is 0 Å². The van der Waals surface area contributed by atoms with Gasteiger partial charge in [-0.1, -0.05) is 0 Å². The third-order valence-electron chi connectivity index (χ3n) is 6.34. The van der Waals surface area contributed by atoms with Gasteiger partial charge < -0.3 is 24.6 Å². The molecule has 4 aliphatic rings. The third-order valence-corrected chi connectivity index (χ3v) is 6.34. The van der Waals surface area contributed by atoms with E-state index < -0.39 is 0 Å². The van der Waals surface area contributed by atoms with Crippen LogP contribution in [-0.4, -0.2) is 110 Å². The summed E-state index contributed by atoms with van der Waals surface area (Å²) in [6.07, 6.45) is 4.39. The molecule has 3 atom stereocenters. The second kappa shape index (κ2) is 11.1. The SMILES string of the molecule is CCNC(=NCC1CN2CCCC2CO1)N1CCN(C(=O)C2CCCO2)CC1.I.